The normalized spacial score (nSPS) is 13.6. The Morgan fingerprint density at radius 3 is 2.70 bits per heavy atom. The van der Waals surface area contributed by atoms with Crippen molar-refractivity contribution < 1.29 is 8.42 Å². The minimum Gasteiger partial charge on any atom is -0.253 e. The summed E-state index contributed by atoms with van der Waals surface area (Å²) in [6.45, 7) is 8.28. The molecule has 20 heavy (non-hydrogen) atoms. The highest BCUT2D eigenvalue weighted by atomic mass is 32.2. The summed E-state index contributed by atoms with van der Waals surface area (Å²) in [5.74, 6) is 0. The third-order valence-corrected chi connectivity index (χ3v) is 5.67. The molecule has 0 aliphatic rings. The van der Waals surface area contributed by atoms with E-state index in [1.807, 2.05) is 33.8 Å². The number of hydrogen-bond acceptors (Lipinski definition) is 4. The van der Waals surface area contributed by atoms with Gasteiger partial charge >= 0.3 is 0 Å². The molecule has 5 nitrogen and oxygen atoms in total. The third-order valence-electron chi connectivity index (χ3n) is 3.13. The number of hydrogen-bond donors (Lipinski definition) is 1. The lowest BCUT2D eigenvalue weighted by Gasteiger charge is -2.14. The first kappa shape index (κ1) is 15.2. The van der Waals surface area contributed by atoms with Crippen molar-refractivity contribution in [2.75, 3.05) is 0 Å². The van der Waals surface area contributed by atoms with Crippen molar-refractivity contribution in [1.82, 2.24) is 14.5 Å². The molecule has 7 heteroatoms. The number of nitrogens with zero attached hydrogens (tertiary/aromatic N) is 2. The summed E-state index contributed by atoms with van der Waals surface area (Å²) < 4.78 is 29.0. The van der Waals surface area contributed by atoms with Gasteiger partial charge in [0.15, 0.2) is 5.03 Å². The number of aromatic nitrogens is 2. The quantitative estimate of drug-likeness (QED) is 0.923. The molecule has 2 aromatic rings. The first-order chi connectivity index (χ1) is 9.35. The number of aryl methyl sites for hydroxylation is 3. The first-order valence-electron chi connectivity index (χ1n) is 6.46. The molecular weight excluding hydrogens is 294 g/mol. The SMILES string of the molecule is CCn1nccc1S(=O)(=O)NC(C)c1cc(C)sc1C. The van der Waals surface area contributed by atoms with E-state index < -0.39 is 10.0 Å². The van der Waals surface area contributed by atoms with E-state index in [0.717, 1.165) is 10.4 Å². The lowest BCUT2D eigenvalue weighted by Crippen LogP contribution is -2.29. The van der Waals surface area contributed by atoms with E-state index >= 15 is 0 Å². The Morgan fingerprint density at radius 2 is 2.15 bits per heavy atom. The fraction of sp³-hybridized carbons (Fsp3) is 0.462. The standard InChI is InChI=1S/C13H19N3O2S2/c1-5-16-13(6-7-14-16)20(17,18)15-10(3)12-8-9(2)19-11(12)4/h6-8,10,15H,5H2,1-4H3. The lowest BCUT2D eigenvalue weighted by molar-refractivity contribution is 0.534. The van der Waals surface area contributed by atoms with Crippen LogP contribution in [0.4, 0.5) is 0 Å². The van der Waals surface area contributed by atoms with E-state index in [-0.39, 0.29) is 11.1 Å². The summed E-state index contributed by atoms with van der Waals surface area (Å²) in [7, 11) is -3.56. The molecule has 1 atom stereocenters. The molecule has 2 heterocycles. The summed E-state index contributed by atoms with van der Waals surface area (Å²) in [6.07, 6.45) is 1.50. The van der Waals surface area contributed by atoms with Gasteiger partial charge < -0.3 is 0 Å². The van der Waals surface area contributed by atoms with Gasteiger partial charge in [-0.2, -0.15) is 5.10 Å². The number of sulfonamides is 1. The van der Waals surface area contributed by atoms with Crippen molar-refractivity contribution in [3.05, 3.63) is 33.6 Å². The highest BCUT2D eigenvalue weighted by Gasteiger charge is 2.23. The van der Waals surface area contributed by atoms with Crippen LogP contribution < -0.4 is 4.72 Å². The fourth-order valence-electron chi connectivity index (χ4n) is 2.22. The van der Waals surface area contributed by atoms with Crippen molar-refractivity contribution >= 4 is 21.4 Å². The second-order valence-electron chi connectivity index (χ2n) is 4.70. The predicted molar refractivity (Wildman–Crippen MR) is 80.4 cm³/mol. The first-order valence-corrected chi connectivity index (χ1v) is 8.76. The van der Waals surface area contributed by atoms with Gasteiger partial charge in [-0.25, -0.2) is 13.1 Å². The van der Waals surface area contributed by atoms with Crippen molar-refractivity contribution in [2.45, 2.75) is 45.3 Å². The van der Waals surface area contributed by atoms with Crippen LogP contribution in [0.25, 0.3) is 0 Å². The van der Waals surface area contributed by atoms with Crippen LogP contribution in [0, 0.1) is 13.8 Å². The zero-order valence-electron chi connectivity index (χ0n) is 12.0. The average Bonchev–Trinajstić information content (AvgIpc) is 2.94. The van der Waals surface area contributed by atoms with Gasteiger partial charge in [0.05, 0.1) is 6.20 Å². The molecule has 0 aromatic carbocycles. The maximum absolute atomic E-state index is 12.4. The molecule has 0 aliphatic carbocycles. The molecule has 0 spiro atoms. The molecule has 2 rings (SSSR count). The Bertz CT molecular complexity index is 701. The van der Waals surface area contributed by atoms with E-state index in [4.69, 9.17) is 0 Å². The number of thiophene rings is 1. The van der Waals surface area contributed by atoms with Gasteiger partial charge in [-0.15, -0.1) is 11.3 Å². The highest BCUT2D eigenvalue weighted by Crippen LogP contribution is 2.27. The minimum atomic E-state index is -3.56. The monoisotopic (exact) mass is 313 g/mol. The molecule has 0 fully saturated rings. The Morgan fingerprint density at radius 1 is 1.45 bits per heavy atom. The molecule has 0 bridgehead atoms. The summed E-state index contributed by atoms with van der Waals surface area (Å²) in [5.41, 5.74) is 1.03. The van der Waals surface area contributed by atoms with Crippen molar-refractivity contribution in [2.24, 2.45) is 0 Å². The van der Waals surface area contributed by atoms with Crippen LogP contribution in [-0.2, 0) is 16.6 Å². The fourth-order valence-corrected chi connectivity index (χ4v) is 4.65. The van der Waals surface area contributed by atoms with Crippen LogP contribution in [0.2, 0.25) is 0 Å². The topological polar surface area (TPSA) is 64.0 Å². The molecule has 0 saturated heterocycles. The lowest BCUT2D eigenvalue weighted by atomic mass is 10.1. The van der Waals surface area contributed by atoms with Crippen molar-refractivity contribution in [3.63, 3.8) is 0 Å². The Hall–Kier alpha value is -1.18. The van der Waals surface area contributed by atoms with Crippen molar-refractivity contribution in [3.8, 4) is 0 Å². The summed E-state index contributed by atoms with van der Waals surface area (Å²) >= 11 is 1.68. The zero-order valence-corrected chi connectivity index (χ0v) is 13.7. The molecule has 0 saturated carbocycles. The molecule has 0 amide bonds. The van der Waals surface area contributed by atoms with Gasteiger partial charge in [0.1, 0.15) is 0 Å². The number of nitrogens with one attached hydrogen (secondary N) is 1. The van der Waals surface area contributed by atoms with Crippen LogP contribution in [-0.4, -0.2) is 18.2 Å². The molecule has 0 aliphatic heterocycles. The van der Waals surface area contributed by atoms with Gasteiger partial charge in [0, 0.05) is 22.3 Å². The smallest absolute Gasteiger partial charge is 0.253 e. The molecule has 2 aromatic heterocycles. The Labute approximate surface area is 123 Å². The van der Waals surface area contributed by atoms with Crippen LogP contribution in [0.3, 0.4) is 0 Å². The zero-order chi connectivity index (χ0) is 14.9. The summed E-state index contributed by atoms with van der Waals surface area (Å²) in [6, 6.07) is 3.29. The average molecular weight is 313 g/mol. The maximum Gasteiger partial charge on any atom is 0.258 e. The van der Waals surface area contributed by atoms with Crippen LogP contribution in [0.1, 0.15) is 35.2 Å². The van der Waals surface area contributed by atoms with E-state index in [0.29, 0.717) is 6.54 Å². The highest BCUT2D eigenvalue weighted by molar-refractivity contribution is 7.89. The third kappa shape index (κ3) is 2.94. The molecule has 1 unspecified atom stereocenters. The molecule has 0 radical (unpaired) electrons. The maximum atomic E-state index is 12.4. The Balaban J connectivity index is 2.27. The van der Waals surface area contributed by atoms with E-state index in [1.54, 1.807) is 11.3 Å². The van der Waals surface area contributed by atoms with Gasteiger partial charge in [-0.05, 0) is 45.4 Å². The van der Waals surface area contributed by atoms with Crippen LogP contribution in [0.5, 0.6) is 0 Å². The van der Waals surface area contributed by atoms with E-state index in [1.165, 1.54) is 21.8 Å². The molecule has 1 N–H and O–H groups in total. The van der Waals surface area contributed by atoms with E-state index in [2.05, 4.69) is 9.82 Å². The second-order valence-corrected chi connectivity index (χ2v) is 7.82. The van der Waals surface area contributed by atoms with Gasteiger partial charge in [0.25, 0.3) is 10.0 Å². The van der Waals surface area contributed by atoms with Crippen LogP contribution in [0.15, 0.2) is 23.4 Å². The largest absolute Gasteiger partial charge is 0.258 e. The van der Waals surface area contributed by atoms with Crippen molar-refractivity contribution in [1.29, 1.82) is 0 Å². The predicted octanol–water partition coefficient (Wildman–Crippen LogP) is 2.62. The summed E-state index contributed by atoms with van der Waals surface area (Å²) in [4.78, 5) is 2.32. The van der Waals surface area contributed by atoms with Gasteiger partial charge in [-0.3, -0.25) is 4.68 Å². The van der Waals surface area contributed by atoms with Crippen LogP contribution >= 0.6 is 11.3 Å². The van der Waals surface area contributed by atoms with E-state index in [9.17, 15) is 8.42 Å². The molecular formula is C13H19N3O2S2. The Kier molecular flexibility index (Phi) is 4.31. The minimum absolute atomic E-state index is 0.205. The molecule has 110 valence electrons. The van der Waals surface area contributed by atoms with Gasteiger partial charge in [-0.1, -0.05) is 0 Å². The van der Waals surface area contributed by atoms with Gasteiger partial charge in [0.2, 0.25) is 0 Å². The second kappa shape index (κ2) is 5.67. The number of rotatable bonds is 5. The summed E-state index contributed by atoms with van der Waals surface area (Å²) in [5, 5.41) is 4.21.